The van der Waals surface area contributed by atoms with Crippen LogP contribution in [0, 0.1) is 0 Å². The van der Waals surface area contributed by atoms with Gasteiger partial charge < -0.3 is 4.42 Å². The minimum atomic E-state index is -0.112. The molecule has 3 rings (SSSR count). The summed E-state index contributed by atoms with van der Waals surface area (Å²) in [6.45, 7) is 0. The molecule has 0 fully saturated rings. The number of furan rings is 1. The Bertz CT molecular complexity index is 707. The number of nitrogens with zero attached hydrogens (tertiary/aromatic N) is 1. The molecule has 0 N–H and O–H groups in total. The van der Waals surface area contributed by atoms with Crippen LogP contribution in [-0.4, -0.2) is 5.91 Å². The molecule has 108 valence electrons. The smallest absolute Gasteiger partial charge is 0.255 e. The Balaban J connectivity index is 1.93. The largest absolute Gasteiger partial charge is 0.472 e. The number of para-hydroxylation sites is 2. The van der Waals surface area contributed by atoms with Gasteiger partial charge in [-0.3, -0.25) is 9.69 Å². The minimum Gasteiger partial charge on any atom is -0.472 e. The van der Waals surface area contributed by atoms with Gasteiger partial charge in [0, 0.05) is 23.0 Å². The van der Waals surface area contributed by atoms with Crippen LogP contribution in [0.2, 0.25) is 0 Å². The molecule has 0 unspecified atom stereocenters. The number of anilines is 2. The first kappa shape index (κ1) is 13.9. The molecule has 2 aromatic carbocycles. The van der Waals surface area contributed by atoms with Crippen LogP contribution in [0.5, 0.6) is 0 Å². The number of amides is 1. The maximum Gasteiger partial charge on any atom is 0.255 e. The summed E-state index contributed by atoms with van der Waals surface area (Å²) in [5.74, 6) is -0.112. The molecule has 3 aromatic rings. The molecule has 0 aliphatic rings. The summed E-state index contributed by atoms with van der Waals surface area (Å²) < 4.78 is 5.00. The third-order valence-electron chi connectivity index (χ3n) is 3.21. The van der Waals surface area contributed by atoms with Gasteiger partial charge in [-0.15, -0.1) is 0 Å². The van der Waals surface area contributed by atoms with Gasteiger partial charge in [-0.25, -0.2) is 0 Å². The van der Waals surface area contributed by atoms with E-state index < -0.39 is 0 Å². The average molecular weight is 289 g/mol. The highest BCUT2D eigenvalue weighted by molar-refractivity contribution is 6.08. The summed E-state index contributed by atoms with van der Waals surface area (Å²) in [6.07, 6.45) is 6.46. The lowest BCUT2D eigenvalue weighted by molar-refractivity contribution is -0.113. The SMILES string of the molecule is O=C(/C=C/c1ccoc1)N(c1ccccc1)c1ccccc1. The van der Waals surface area contributed by atoms with Crippen molar-refractivity contribution >= 4 is 23.4 Å². The molecule has 0 saturated carbocycles. The molecule has 3 nitrogen and oxygen atoms in total. The Morgan fingerprint density at radius 3 is 1.95 bits per heavy atom. The van der Waals surface area contributed by atoms with Crippen molar-refractivity contribution in [3.05, 3.63) is 90.9 Å². The van der Waals surface area contributed by atoms with E-state index in [1.165, 1.54) is 0 Å². The maximum absolute atomic E-state index is 12.6. The summed E-state index contributed by atoms with van der Waals surface area (Å²) in [7, 11) is 0. The van der Waals surface area contributed by atoms with E-state index in [0.29, 0.717) is 0 Å². The summed E-state index contributed by atoms with van der Waals surface area (Å²) in [5, 5.41) is 0. The average Bonchev–Trinajstić information content (AvgIpc) is 3.09. The van der Waals surface area contributed by atoms with Crippen molar-refractivity contribution in [2.45, 2.75) is 0 Å². The lowest BCUT2D eigenvalue weighted by Gasteiger charge is -2.21. The second-order valence-corrected chi connectivity index (χ2v) is 4.73. The van der Waals surface area contributed by atoms with Crippen molar-refractivity contribution < 1.29 is 9.21 Å². The summed E-state index contributed by atoms with van der Waals surface area (Å²) >= 11 is 0. The molecule has 0 aliphatic carbocycles. The quantitative estimate of drug-likeness (QED) is 0.655. The molecule has 3 heteroatoms. The van der Waals surface area contributed by atoms with Crippen molar-refractivity contribution in [3.63, 3.8) is 0 Å². The van der Waals surface area contributed by atoms with E-state index in [0.717, 1.165) is 16.9 Å². The monoisotopic (exact) mass is 289 g/mol. The minimum absolute atomic E-state index is 0.112. The first-order valence-corrected chi connectivity index (χ1v) is 6.99. The predicted octanol–water partition coefficient (Wildman–Crippen LogP) is 4.66. The van der Waals surface area contributed by atoms with Gasteiger partial charge in [0.2, 0.25) is 0 Å². The van der Waals surface area contributed by atoms with Gasteiger partial charge in [0.1, 0.15) is 0 Å². The molecule has 1 aromatic heterocycles. The number of benzene rings is 2. The number of carbonyl (C=O) groups is 1. The van der Waals surface area contributed by atoms with Crippen LogP contribution in [0.1, 0.15) is 5.56 Å². The first-order valence-electron chi connectivity index (χ1n) is 6.99. The molecule has 22 heavy (non-hydrogen) atoms. The van der Waals surface area contributed by atoms with E-state index in [1.54, 1.807) is 35.6 Å². The highest BCUT2D eigenvalue weighted by Gasteiger charge is 2.14. The number of carbonyl (C=O) groups excluding carboxylic acids is 1. The normalized spacial score (nSPS) is 10.7. The van der Waals surface area contributed by atoms with Crippen LogP contribution in [0.25, 0.3) is 6.08 Å². The molecule has 0 spiro atoms. The molecular formula is C19H15NO2. The van der Waals surface area contributed by atoms with E-state index in [-0.39, 0.29) is 5.91 Å². The van der Waals surface area contributed by atoms with Crippen molar-refractivity contribution in [1.82, 2.24) is 0 Å². The van der Waals surface area contributed by atoms with Crippen molar-refractivity contribution in [2.75, 3.05) is 4.90 Å². The summed E-state index contributed by atoms with van der Waals surface area (Å²) in [5.41, 5.74) is 2.51. The summed E-state index contributed by atoms with van der Waals surface area (Å²) in [6, 6.07) is 21.0. The second kappa shape index (κ2) is 6.59. The Morgan fingerprint density at radius 1 is 0.864 bits per heavy atom. The third kappa shape index (κ3) is 3.15. The Kier molecular flexibility index (Phi) is 4.16. The topological polar surface area (TPSA) is 33.5 Å². The molecule has 0 radical (unpaired) electrons. The number of hydrogen-bond acceptors (Lipinski definition) is 2. The van der Waals surface area contributed by atoms with Crippen molar-refractivity contribution in [3.8, 4) is 0 Å². The van der Waals surface area contributed by atoms with Gasteiger partial charge in [-0.05, 0) is 36.4 Å². The molecule has 1 heterocycles. The molecular weight excluding hydrogens is 274 g/mol. The van der Waals surface area contributed by atoms with E-state index in [2.05, 4.69) is 0 Å². The maximum atomic E-state index is 12.6. The van der Waals surface area contributed by atoms with E-state index in [4.69, 9.17) is 4.42 Å². The third-order valence-corrected chi connectivity index (χ3v) is 3.21. The standard InChI is InChI=1S/C19H15NO2/c21-19(12-11-16-13-14-22-15-16)20(17-7-3-1-4-8-17)18-9-5-2-6-10-18/h1-15H/b12-11+. The van der Waals surface area contributed by atoms with Crippen molar-refractivity contribution in [2.24, 2.45) is 0 Å². The van der Waals surface area contributed by atoms with E-state index in [9.17, 15) is 4.79 Å². The zero-order valence-corrected chi connectivity index (χ0v) is 11.9. The Hall–Kier alpha value is -3.07. The highest BCUT2D eigenvalue weighted by atomic mass is 16.3. The summed E-state index contributed by atoms with van der Waals surface area (Å²) in [4.78, 5) is 14.3. The van der Waals surface area contributed by atoms with Gasteiger partial charge >= 0.3 is 0 Å². The van der Waals surface area contributed by atoms with Crippen LogP contribution in [0.15, 0.2) is 89.7 Å². The van der Waals surface area contributed by atoms with Crippen LogP contribution in [0.4, 0.5) is 11.4 Å². The molecule has 0 saturated heterocycles. The van der Waals surface area contributed by atoms with E-state index >= 15 is 0 Å². The zero-order chi connectivity index (χ0) is 15.2. The second-order valence-electron chi connectivity index (χ2n) is 4.73. The Morgan fingerprint density at radius 2 is 1.45 bits per heavy atom. The number of hydrogen-bond donors (Lipinski definition) is 0. The van der Waals surface area contributed by atoms with Gasteiger partial charge in [0.25, 0.3) is 5.91 Å². The molecule has 0 atom stereocenters. The van der Waals surface area contributed by atoms with Gasteiger partial charge in [-0.2, -0.15) is 0 Å². The Labute approximate surface area is 129 Å². The lowest BCUT2D eigenvalue weighted by atomic mass is 10.2. The molecule has 1 amide bonds. The van der Waals surface area contributed by atoms with Crippen LogP contribution in [0.3, 0.4) is 0 Å². The van der Waals surface area contributed by atoms with Gasteiger partial charge in [0.15, 0.2) is 0 Å². The fourth-order valence-electron chi connectivity index (χ4n) is 2.17. The zero-order valence-electron chi connectivity index (χ0n) is 11.9. The molecule has 0 bridgehead atoms. The predicted molar refractivity (Wildman–Crippen MR) is 87.8 cm³/mol. The van der Waals surface area contributed by atoms with Gasteiger partial charge in [-0.1, -0.05) is 36.4 Å². The van der Waals surface area contributed by atoms with E-state index in [1.807, 2.05) is 60.7 Å². The molecule has 0 aliphatic heterocycles. The fourth-order valence-corrected chi connectivity index (χ4v) is 2.17. The van der Waals surface area contributed by atoms with Crippen molar-refractivity contribution in [1.29, 1.82) is 0 Å². The highest BCUT2D eigenvalue weighted by Crippen LogP contribution is 2.25. The van der Waals surface area contributed by atoms with Crippen LogP contribution in [-0.2, 0) is 4.79 Å². The van der Waals surface area contributed by atoms with Gasteiger partial charge in [0.05, 0.1) is 12.5 Å². The fraction of sp³-hybridized carbons (Fsp3) is 0. The van der Waals surface area contributed by atoms with Crippen LogP contribution >= 0.6 is 0 Å². The van der Waals surface area contributed by atoms with Crippen LogP contribution < -0.4 is 4.90 Å². The lowest BCUT2D eigenvalue weighted by Crippen LogP contribution is -2.23. The first-order chi connectivity index (χ1) is 10.8. The number of rotatable bonds is 4.